The largest absolute Gasteiger partial charge is 0.492 e. The van der Waals surface area contributed by atoms with Gasteiger partial charge in [-0.05, 0) is 29.8 Å². The van der Waals surface area contributed by atoms with E-state index in [4.69, 9.17) is 4.74 Å². The molecule has 4 rings (SSSR count). The van der Waals surface area contributed by atoms with Crippen molar-refractivity contribution in [1.82, 2.24) is 9.97 Å². The molecule has 0 atom stereocenters. The van der Waals surface area contributed by atoms with Crippen molar-refractivity contribution >= 4 is 22.5 Å². The molecule has 0 radical (unpaired) electrons. The molecule has 1 amide bonds. The van der Waals surface area contributed by atoms with Gasteiger partial charge in [-0.1, -0.05) is 48.5 Å². The van der Waals surface area contributed by atoms with Gasteiger partial charge in [-0.25, -0.2) is 4.98 Å². The minimum Gasteiger partial charge on any atom is -0.492 e. The number of fused-ring (bicyclic) bond motifs is 1. The third-order valence-electron chi connectivity index (χ3n) is 4.48. The summed E-state index contributed by atoms with van der Waals surface area (Å²) in [6.45, 7) is 0.241. The van der Waals surface area contributed by atoms with Gasteiger partial charge < -0.3 is 15.0 Å². The number of aromatic nitrogens is 2. The van der Waals surface area contributed by atoms with E-state index in [1.807, 2.05) is 54.6 Å². The lowest BCUT2D eigenvalue weighted by Gasteiger charge is -2.12. The monoisotopic (exact) mass is 385 g/mol. The molecule has 0 spiro atoms. The molecular formula is C23H19N3O3. The standard InChI is InChI=1S/C23H19N3O3/c27-22(26-17-10-11-20-19(14-17)23(28)25-15-24-20)12-13-29-21-9-5-4-8-18(21)16-6-2-1-3-7-16/h1-11,14-15H,12-13H2,(H,26,27)(H,24,25,28). The van der Waals surface area contributed by atoms with Crippen molar-refractivity contribution in [2.24, 2.45) is 0 Å². The van der Waals surface area contributed by atoms with E-state index >= 15 is 0 Å². The lowest BCUT2D eigenvalue weighted by molar-refractivity contribution is -0.116. The van der Waals surface area contributed by atoms with Gasteiger partial charge in [-0.15, -0.1) is 0 Å². The summed E-state index contributed by atoms with van der Waals surface area (Å²) < 4.78 is 5.86. The number of aromatic amines is 1. The van der Waals surface area contributed by atoms with Crippen molar-refractivity contribution in [3.05, 3.63) is 89.5 Å². The minimum absolute atomic E-state index is 0.185. The predicted octanol–water partition coefficient (Wildman–Crippen LogP) is 4.00. The first kappa shape index (κ1) is 18.4. The number of carbonyl (C=O) groups is 1. The van der Waals surface area contributed by atoms with Crippen molar-refractivity contribution in [3.8, 4) is 16.9 Å². The molecule has 1 heterocycles. The molecule has 0 aliphatic rings. The second-order valence-corrected chi connectivity index (χ2v) is 6.47. The van der Waals surface area contributed by atoms with Crippen molar-refractivity contribution in [1.29, 1.82) is 0 Å². The lowest BCUT2D eigenvalue weighted by atomic mass is 10.1. The average molecular weight is 385 g/mol. The third kappa shape index (κ3) is 4.32. The van der Waals surface area contributed by atoms with Gasteiger partial charge in [-0.2, -0.15) is 0 Å². The molecule has 6 nitrogen and oxygen atoms in total. The first-order valence-corrected chi connectivity index (χ1v) is 9.25. The molecular weight excluding hydrogens is 366 g/mol. The van der Waals surface area contributed by atoms with Gasteiger partial charge in [-0.3, -0.25) is 9.59 Å². The number of hydrogen-bond donors (Lipinski definition) is 2. The Morgan fingerprint density at radius 3 is 2.66 bits per heavy atom. The van der Waals surface area contributed by atoms with E-state index in [-0.39, 0.29) is 24.5 Å². The summed E-state index contributed by atoms with van der Waals surface area (Å²) in [6.07, 6.45) is 1.54. The number of para-hydroxylation sites is 1. The van der Waals surface area contributed by atoms with E-state index in [2.05, 4.69) is 15.3 Å². The van der Waals surface area contributed by atoms with Crippen LogP contribution < -0.4 is 15.6 Å². The van der Waals surface area contributed by atoms with Crippen molar-refractivity contribution in [3.63, 3.8) is 0 Å². The summed E-state index contributed by atoms with van der Waals surface area (Å²) in [5.74, 6) is 0.539. The molecule has 0 aliphatic carbocycles. The van der Waals surface area contributed by atoms with Gasteiger partial charge in [0.2, 0.25) is 5.91 Å². The van der Waals surface area contributed by atoms with Crippen molar-refractivity contribution in [2.75, 3.05) is 11.9 Å². The van der Waals surface area contributed by atoms with Crippen LogP contribution in [-0.2, 0) is 4.79 Å². The molecule has 0 unspecified atom stereocenters. The quantitative estimate of drug-likeness (QED) is 0.525. The maximum absolute atomic E-state index is 12.3. The maximum Gasteiger partial charge on any atom is 0.258 e. The number of amides is 1. The van der Waals surface area contributed by atoms with E-state index in [1.54, 1.807) is 18.2 Å². The van der Waals surface area contributed by atoms with Gasteiger partial charge in [0.15, 0.2) is 0 Å². The first-order chi connectivity index (χ1) is 14.2. The van der Waals surface area contributed by atoms with Crippen LogP contribution in [0.1, 0.15) is 6.42 Å². The van der Waals surface area contributed by atoms with Crippen LogP contribution >= 0.6 is 0 Å². The molecule has 1 aromatic heterocycles. The number of rotatable bonds is 6. The fourth-order valence-corrected chi connectivity index (χ4v) is 3.07. The number of hydrogen-bond acceptors (Lipinski definition) is 4. The molecule has 0 aliphatic heterocycles. The fraction of sp³-hybridized carbons (Fsp3) is 0.0870. The van der Waals surface area contributed by atoms with Crippen LogP contribution in [0, 0.1) is 0 Å². The molecule has 2 N–H and O–H groups in total. The number of nitrogens with zero attached hydrogens (tertiary/aromatic N) is 1. The van der Waals surface area contributed by atoms with Crippen LogP contribution in [0.5, 0.6) is 5.75 Å². The SMILES string of the molecule is O=C(CCOc1ccccc1-c1ccccc1)Nc1ccc2nc[nH]c(=O)c2c1. The molecule has 0 fully saturated rings. The van der Waals surface area contributed by atoms with E-state index in [1.165, 1.54) is 6.33 Å². The topological polar surface area (TPSA) is 84.1 Å². The van der Waals surface area contributed by atoms with E-state index in [9.17, 15) is 9.59 Å². The van der Waals surface area contributed by atoms with E-state index < -0.39 is 0 Å². The van der Waals surface area contributed by atoms with Gasteiger partial charge in [0.1, 0.15) is 5.75 Å². The molecule has 0 bridgehead atoms. The van der Waals surface area contributed by atoms with Crippen LogP contribution in [0.2, 0.25) is 0 Å². The summed E-state index contributed by atoms with van der Waals surface area (Å²) in [5.41, 5.74) is 2.92. The number of H-pyrrole nitrogens is 1. The van der Waals surface area contributed by atoms with E-state index in [0.29, 0.717) is 16.6 Å². The molecule has 144 valence electrons. The number of nitrogens with one attached hydrogen (secondary N) is 2. The Bertz CT molecular complexity index is 1200. The maximum atomic E-state index is 12.3. The van der Waals surface area contributed by atoms with E-state index in [0.717, 1.165) is 16.9 Å². The highest BCUT2D eigenvalue weighted by molar-refractivity contribution is 5.93. The Morgan fingerprint density at radius 1 is 1.00 bits per heavy atom. The zero-order valence-electron chi connectivity index (χ0n) is 15.6. The van der Waals surface area contributed by atoms with Crippen LogP contribution in [0.25, 0.3) is 22.0 Å². The Labute approximate surface area is 167 Å². The highest BCUT2D eigenvalue weighted by Crippen LogP contribution is 2.29. The highest BCUT2D eigenvalue weighted by Gasteiger charge is 2.08. The fourth-order valence-electron chi connectivity index (χ4n) is 3.07. The first-order valence-electron chi connectivity index (χ1n) is 9.25. The minimum atomic E-state index is -0.244. The Balaban J connectivity index is 1.39. The second-order valence-electron chi connectivity index (χ2n) is 6.47. The van der Waals surface area contributed by atoms with Crippen LogP contribution in [0.15, 0.2) is 83.9 Å². The number of benzene rings is 3. The van der Waals surface area contributed by atoms with Gasteiger partial charge in [0.05, 0.1) is 30.3 Å². The normalized spacial score (nSPS) is 10.6. The lowest BCUT2D eigenvalue weighted by Crippen LogP contribution is -2.16. The molecule has 0 saturated carbocycles. The Morgan fingerprint density at radius 2 is 1.79 bits per heavy atom. The Hall–Kier alpha value is -3.93. The molecule has 4 aromatic rings. The summed E-state index contributed by atoms with van der Waals surface area (Å²) >= 11 is 0. The zero-order chi connectivity index (χ0) is 20.1. The van der Waals surface area contributed by atoms with Gasteiger partial charge >= 0.3 is 0 Å². The Kier molecular flexibility index (Phi) is 5.33. The summed E-state index contributed by atoms with van der Waals surface area (Å²) in [4.78, 5) is 30.8. The average Bonchev–Trinajstić information content (AvgIpc) is 2.75. The second kappa shape index (κ2) is 8.39. The molecule has 29 heavy (non-hydrogen) atoms. The summed E-state index contributed by atoms with van der Waals surface area (Å²) in [7, 11) is 0. The predicted molar refractivity (Wildman–Crippen MR) is 113 cm³/mol. The van der Waals surface area contributed by atoms with Crippen LogP contribution in [0.3, 0.4) is 0 Å². The van der Waals surface area contributed by atoms with Crippen molar-refractivity contribution in [2.45, 2.75) is 6.42 Å². The number of carbonyl (C=O) groups excluding carboxylic acids is 1. The van der Waals surface area contributed by atoms with Gasteiger partial charge in [0.25, 0.3) is 5.56 Å². The third-order valence-corrected chi connectivity index (χ3v) is 4.48. The molecule has 0 saturated heterocycles. The molecule has 6 heteroatoms. The van der Waals surface area contributed by atoms with Crippen LogP contribution in [0.4, 0.5) is 5.69 Å². The molecule has 3 aromatic carbocycles. The van der Waals surface area contributed by atoms with Gasteiger partial charge in [0, 0.05) is 11.3 Å². The number of ether oxygens (including phenoxy) is 1. The van der Waals surface area contributed by atoms with Crippen molar-refractivity contribution < 1.29 is 9.53 Å². The highest BCUT2D eigenvalue weighted by atomic mass is 16.5. The van der Waals surface area contributed by atoms with Crippen LogP contribution in [-0.4, -0.2) is 22.5 Å². The smallest absolute Gasteiger partial charge is 0.258 e. The summed E-state index contributed by atoms with van der Waals surface area (Å²) in [5, 5.41) is 3.22. The summed E-state index contributed by atoms with van der Waals surface area (Å²) in [6, 6.07) is 22.7. The zero-order valence-corrected chi connectivity index (χ0v) is 15.6. The number of anilines is 1.